The fourth-order valence-corrected chi connectivity index (χ4v) is 5.33. The molecule has 4 heterocycles. The quantitative estimate of drug-likeness (QED) is 0.535. The number of hydrogen-bond acceptors (Lipinski definition) is 6. The van der Waals surface area contributed by atoms with Gasteiger partial charge in [0.05, 0.1) is 31.2 Å². The Morgan fingerprint density at radius 3 is 1.55 bits per heavy atom. The Kier molecular flexibility index (Phi) is 3.11. The van der Waals surface area contributed by atoms with Gasteiger partial charge in [0.15, 0.2) is 0 Å². The molecular weight excluding hydrogens is 432 g/mol. The highest BCUT2D eigenvalue weighted by Crippen LogP contribution is 2.47. The fraction of sp³-hybridized carbons (Fsp3) is 0.308. The van der Waals surface area contributed by atoms with Crippen LogP contribution >= 0.6 is 42.7 Å². The summed E-state index contributed by atoms with van der Waals surface area (Å²) >= 11 is 7.24. The summed E-state index contributed by atoms with van der Waals surface area (Å²) in [6, 6.07) is 0. The van der Waals surface area contributed by atoms with Crippen LogP contribution in [0.4, 0.5) is 0 Å². The monoisotopic (exact) mass is 442 g/mol. The molecule has 22 heavy (non-hydrogen) atoms. The van der Waals surface area contributed by atoms with Crippen LogP contribution < -0.4 is 0 Å². The molecular formula is C13H12Br2N6S. The van der Waals surface area contributed by atoms with Crippen LogP contribution in [0, 0.1) is 0 Å². The van der Waals surface area contributed by atoms with E-state index in [1.807, 2.05) is 13.8 Å². The number of allylic oxidation sites excluding steroid dienone is 4. The first-order valence-electron chi connectivity index (χ1n) is 6.63. The molecule has 0 amide bonds. The SMILES string of the molecule is CC1=NC2=NC3=S(N2C(C)=C1Br)N1C(=N3)N=C(C)C(Br)=C1C. The highest BCUT2D eigenvalue weighted by atomic mass is 79.9. The third-order valence-electron chi connectivity index (χ3n) is 3.68. The Labute approximate surface area is 147 Å². The van der Waals surface area contributed by atoms with Crippen molar-refractivity contribution < 1.29 is 0 Å². The number of rotatable bonds is 0. The number of hydrogen-bond donors (Lipinski definition) is 0. The third kappa shape index (κ3) is 1.75. The van der Waals surface area contributed by atoms with Gasteiger partial charge >= 0.3 is 0 Å². The van der Waals surface area contributed by atoms with Gasteiger partial charge in [0, 0.05) is 11.4 Å². The molecule has 0 bridgehead atoms. The van der Waals surface area contributed by atoms with Crippen LogP contribution in [0.15, 0.2) is 40.3 Å². The van der Waals surface area contributed by atoms with Gasteiger partial charge in [-0.05, 0) is 59.6 Å². The summed E-state index contributed by atoms with van der Waals surface area (Å²) < 4.78 is 6.27. The predicted octanol–water partition coefficient (Wildman–Crippen LogP) is 3.72. The van der Waals surface area contributed by atoms with E-state index in [-0.39, 0.29) is 0 Å². The Hall–Kier alpha value is -1.06. The third-order valence-corrected chi connectivity index (χ3v) is 8.05. The summed E-state index contributed by atoms with van der Waals surface area (Å²) in [4.78, 5) is 18.4. The number of fused-ring (bicyclic) bond motifs is 4. The molecule has 0 fully saturated rings. The average Bonchev–Trinajstić information content (AvgIpc) is 2.97. The highest BCUT2D eigenvalue weighted by molar-refractivity contribution is 9.12. The van der Waals surface area contributed by atoms with Crippen molar-refractivity contribution in [3.63, 3.8) is 0 Å². The molecule has 0 aromatic rings. The molecule has 0 spiro atoms. The van der Waals surface area contributed by atoms with Crippen molar-refractivity contribution in [1.29, 1.82) is 0 Å². The van der Waals surface area contributed by atoms with Gasteiger partial charge in [-0.1, -0.05) is 0 Å². The summed E-state index contributed by atoms with van der Waals surface area (Å²) in [7, 11) is -0.446. The lowest BCUT2D eigenvalue weighted by Gasteiger charge is -2.34. The Morgan fingerprint density at radius 1 is 0.727 bits per heavy atom. The van der Waals surface area contributed by atoms with Crippen LogP contribution in [0.1, 0.15) is 27.7 Å². The van der Waals surface area contributed by atoms with E-state index in [1.165, 1.54) is 0 Å². The maximum absolute atomic E-state index is 4.61. The van der Waals surface area contributed by atoms with Crippen molar-refractivity contribution in [3.8, 4) is 0 Å². The minimum atomic E-state index is -0.446. The van der Waals surface area contributed by atoms with E-state index in [9.17, 15) is 0 Å². The molecule has 0 unspecified atom stereocenters. The zero-order valence-electron chi connectivity index (χ0n) is 12.3. The molecule has 0 atom stereocenters. The summed E-state index contributed by atoms with van der Waals surface area (Å²) in [5, 5.41) is 0.765. The molecule has 114 valence electrons. The van der Waals surface area contributed by atoms with E-state index in [1.54, 1.807) is 0 Å². The normalized spacial score (nSPS) is 24.2. The molecule has 4 aliphatic heterocycles. The van der Waals surface area contributed by atoms with E-state index in [2.05, 4.69) is 74.3 Å². The molecule has 0 radical (unpaired) electrons. The zero-order chi connectivity index (χ0) is 15.8. The predicted molar refractivity (Wildman–Crippen MR) is 101 cm³/mol. The van der Waals surface area contributed by atoms with Gasteiger partial charge in [0.2, 0.25) is 17.0 Å². The molecule has 0 aromatic heterocycles. The Bertz CT molecular complexity index is 790. The Morgan fingerprint density at radius 2 is 1.14 bits per heavy atom. The number of halogens is 2. The lowest BCUT2D eigenvalue weighted by molar-refractivity contribution is 0.737. The summed E-state index contributed by atoms with van der Waals surface area (Å²) in [5.41, 5.74) is 4.05. The van der Waals surface area contributed by atoms with Crippen molar-refractivity contribution in [2.45, 2.75) is 27.7 Å². The van der Waals surface area contributed by atoms with E-state index < -0.39 is 10.9 Å². The Balaban J connectivity index is 1.88. The van der Waals surface area contributed by atoms with Crippen molar-refractivity contribution in [2.75, 3.05) is 0 Å². The molecule has 0 saturated heterocycles. The number of guanidine groups is 2. The first kappa shape index (κ1) is 14.5. The van der Waals surface area contributed by atoms with Crippen LogP contribution in [0.25, 0.3) is 0 Å². The second kappa shape index (κ2) is 4.72. The van der Waals surface area contributed by atoms with E-state index in [4.69, 9.17) is 0 Å². The van der Waals surface area contributed by atoms with Gasteiger partial charge in [-0.2, -0.15) is 9.98 Å². The zero-order valence-corrected chi connectivity index (χ0v) is 16.3. The van der Waals surface area contributed by atoms with Gasteiger partial charge in [-0.25, -0.2) is 18.6 Å². The van der Waals surface area contributed by atoms with Crippen molar-refractivity contribution >= 4 is 71.2 Å². The summed E-state index contributed by atoms with van der Waals surface area (Å²) in [5.74, 6) is 1.41. The van der Waals surface area contributed by atoms with Crippen molar-refractivity contribution in [3.05, 3.63) is 20.4 Å². The van der Waals surface area contributed by atoms with Crippen LogP contribution in [0.2, 0.25) is 0 Å². The molecule has 9 heteroatoms. The number of nitrogens with zero attached hydrogens (tertiary/aromatic N) is 6. The summed E-state index contributed by atoms with van der Waals surface area (Å²) in [6.07, 6.45) is 0. The minimum Gasteiger partial charge on any atom is -0.241 e. The smallest absolute Gasteiger partial charge is 0.241 e. The topological polar surface area (TPSA) is 55.9 Å². The van der Waals surface area contributed by atoms with Gasteiger partial charge < -0.3 is 0 Å². The van der Waals surface area contributed by atoms with Gasteiger partial charge in [-0.3, -0.25) is 0 Å². The molecule has 0 saturated carbocycles. The maximum Gasteiger partial charge on any atom is 0.243 e. The van der Waals surface area contributed by atoms with E-state index in [0.29, 0.717) is 11.9 Å². The molecule has 4 aliphatic rings. The van der Waals surface area contributed by atoms with Crippen LogP contribution in [0.5, 0.6) is 0 Å². The van der Waals surface area contributed by atoms with Crippen molar-refractivity contribution in [2.24, 2.45) is 20.0 Å². The molecule has 0 aliphatic carbocycles. The lowest BCUT2D eigenvalue weighted by Crippen LogP contribution is -2.34. The highest BCUT2D eigenvalue weighted by Gasteiger charge is 2.42. The van der Waals surface area contributed by atoms with Crippen LogP contribution in [-0.4, -0.2) is 37.1 Å². The van der Waals surface area contributed by atoms with Gasteiger partial charge in [0.25, 0.3) is 0 Å². The first-order valence-corrected chi connectivity index (χ1v) is 9.36. The van der Waals surface area contributed by atoms with Gasteiger partial charge in [0.1, 0.15) is 0 Å². The molecule has 6 nitrogen and oxygen atoms in total. The van der Waals surface area contributed by atoms with Crippen LogP contribution in [-0.2, 0) is 0 Å². The first-order chi connectivity index (χ1) is 10.4. The second-order valence-electron chi connectivity index (χ2n) is 5.15. The second-order valence-corrected chi connectivity index (χ2v) is 8.36. The lowest BCUT2D eigenvalue weighted by atomic mass is 10.3. The van der Waals surface area contributed by atoms with E-state index >= 15 is 0 Å². The molecule has 4 rings (SSSR count). The maximum atomic E-state index is 4.61. The largest absolute Gasteiger partial charge is 0.243 e. The average molecular weight is 444 g/mol. The fourth-order valence-electron chi connectivity index (χ4n) is 2.57. The van der Waals surface area contributed by atoms with Crippen LogP contribution in [0.3, 0.4) is 0 Å². The molecule has 0 aromatic carbocycles. The standard InChI is InChI=1S/C13H12Br2N6S/c1-5-9(14)7(3)20-11(16-5)18-13-19-12-17-6(2)10(15)8(4)21(12)22(13)20/h1-4H3. The van der Waals surface area contributed by atoms with E-state index in [0.717, 1.165) is 36.9 Å². The number of aliphatic imine (C=N–C) groups is 4. The molecule has 0 N–H and O–H groups in total. The summed E-state index contributed by atoms with van der Waals surface area (Å²) in [6.45, 7) is 8.08. The van der Waals surface area contributed by atoms with Gasteiger partial charge in [-0.15, -0.1) is 0 Å². The minimum absolute atomic E-state index is 0.446. The van der Waals surface area contributed by atoms with Crippen molar-refractivity contribution in [1.82, 2.24) is 8.61 Å².